The monoisotopic (exact) mass is 1240 g/mol. The maximum Gasteiger partial charge on any atom is 0.411 e. The van der Waals surface area contributed by atoms with Crippen LogP contribution in [0.3, 0.4) is 0 Å². The molecule has 458 valence electrons. The number of carbonyl (C=O) groups excluding carboxylic acids is 4. The zero-order valence-corrected chi connectivity index (χ0v) is 50.6. The van der Waals surface area contributed by atoms with Crippen LogP contribution in [-0.4, -0.2) is 127 Å². The molecule has 2 saturated heterocycles. The molecular formula is C62H62N8O16S2. The number of rotatable bonds is 19. The number of nitriles is 2. The van der Waals surface area contributed by atoms with E-state index in [0.717, 1.165) is 0 Å². The molecule has 88 heavy (non-hydrogen) atoms. The molecule has 26 heteroatoms. The lowest BCUT2D eigenvalue weighted by atomic mass is 9.79. The van der Waals surface area contributed by atoms with Gasteiger partial charge in [0.2, 0.25) is 11.8 Å². The molecule has 6 aromatic rings. The van der Waals surface area contributed by atoms with Crippen LogP contribution < -0.4 is 37.0 Å². The molecule has 4 aromatic carbocycles. The minimum absolute atomic E-state index is 0.0113. The molecule has 4 aliphatic rings. The fraction of sp³-hybridized carbons (Fsp3) is 0.355. The van der Waals surface area contributed by atoms with Crippen molar-refractivity contribution in [2.75, 3.05) is 75.4 Å². The third-order valence-corrected chi connectivity index (χ3v) is 19.4. The largest absolute Gasteiger partial charge is 0.497 e. The normalized spacial score (nSPS) is 18.6. The summed E-state index contributed by atoms with van der Waals surface area (Å²) in [4.78, 5) is 71.8. The first kappa shape index (κ1) is 61.4. The van der Waals surface area contributed by atoms with Gasteiger partial charge in [-0.3, -0.25) is 9.59 Å². The SMILES string of the molecule is CCOc1cc(OC)ccc1S(=O)(=O)N1C(=O)C(OC(=O)N2CCC(C3CCN(C(=O)OC4(c5cccnc5OCC)C(=O)N(S(=O)(=O)c5ccc(OC)cc5OCC)c5ccc(C#N)cc54)CC3)CC2)(c2cccnc2OCC)c2cc(C#N)ccc21. The molecule has 0 bridgehead atoms. The van der Waals surface area contributed by atoms with E-state index in [1.807, 2.05) is 12.1 Å². The molecule has 24 nitrogen and oxygen atoms in total. The summed E-state index contributed by atoms with van der Waals surface area (Å²) in [6.45, 7) is 7.47. The van der Waals surface area contributed by atoms with E-state index in [0.29, 0.717) is 34.3 Å². The maximum atomic E-state index is 15.6. The molecule has 2 fully saturated rings. The van der Waals surface area contributed by atoms with Crippen molar-refractivity contribution < 1.29 is 73.9 Å². The molecule has 0 radical (unpaired) electrons. The van der Waals surface area contributed by atoms with Gasteiger partial charge in [-0.25, -0.2) is 36.4 Å². The van der Waals surface area contributed by atoms with Gasteiger partial charge >= 0.3 is 12.2 Å². The number of aromatic nitrogens is 2. The van der Waals surface area contributed by atoms with Gasteiger partial charge in [-0.2, -0.15) is 19.1 Å². The lowest BCUT2D eigenvalue weighted by molar-refractivity contribution is -0.133. The van der Waals surface area contributed by atoms with E-state index in [1.165, 1.54) is 133 Å². The predicted octanol–water partition coefficient (Wildman–Crippen LogP) is 8.19. The summed E-state index contributed by atoms with van der Waals surface area (Å²) in [5, 5.41) is 20.4. The highest BCUT2D eigenvalue weighted by atomic mass is 32.2. The Balaban J connectivity index is 0.907. The van der Waals surface area contributed by atoms with Crippen LogP contribution in [0.4, 0.5) is 21.0 Å². The molecule has 10 rings (SSSR count). The number of ether oxygens (including phenoxy) is 8. The zero-order valence-electron chi connectivity index (χ0n) is 49.0. The van der Waals surface area contributed by atoms with Crippen molar-refractivity contribution in [3.05, 3.63) is 143 Å². The summed E-state index contributed by atoms with van der Waals surface area (Å²) in [5.74, 6) is -2.29. The van der Waals surface area contributed by atoms with E-state index in [4.69, 9.17) is 37.9 Å². The quantitative estimate of drug-likeness (QED) is 0.0738. The fourth-order valence-corrected chi connectivity index (χ4v) is 15.0. The van der Waals surface area contributed by atoms with Crippen LogP contribution in [0.1, 0.15) is 86.8 Å². The van der Waals surface area contributed by atoms with Crippen molar-refractivity contribution in [1.29, 1.82) is 10.5 Å². The van der Waals surface area contributed by atoms with Crippen molar-refractivity contribution >= 4 is 55.4 Å². The van der Waals surface area contributed by atoms with Crippen LogP contribution in [0.2, 0.25) is 0 Å². The van der Waals surface area contributed by atoms with Crippen molar-refractivity contribution in [2.24, 2.45) is 11.8 Å². The molecule has 0 spiro atoms. The molecule has 0 aliphatic carbocycles. The number of likely N-dealkylation sites (tertiary alicyclic amines) is 2. The highest BCUT2D eigenvalue weighted by Crippen LogP contribution is 2.55. The van der Waals surface area contributed by atoms with Crippen LogP contribution in [0.25, 0.3) is 0 Å². The number of anilines is 2. The molecule has 2 atom stereocenters. The Morgan fingerprint density at radius 2 is 0.909 bits per heavy atom. The topological polar surface area (TPSA) is 297 Å². The summed E-state index contributed by atoms with van der Waals surface area (Å²) in [6, 6.07) is 25.9. The minimum atomic E-state index is -4.90. The number of sulfonamides is 2. The van der Waals surface area contributed by atoms with Crippen molar-refractivity contribution in [3.8, 4) is 46.9 Å². The van der Waals surface area contributed by atoms with Gasteiger partial charge in [-0.15, -0.1) is 0 Å². The number of fused-ring (bicyclic) bond motifs is 2. The number of pyridine rings is 2. The molecule has 4 aliphatic heterocycles. The summed E-state index contributed by atoms with van der Waals surface area (Å²) in [6.07, 6.45) is 2.69. The molecule has 4 amide bonds. The van der Waals surface area contributed by atoms with E-state index in [-0.39, 0.29) is 154 Å². The van der Waals surface area contributed by atoms with Crippen LogP contribution >= 0.6 is 0 Å². The molecule has 0 saturated carbocycles. The van der Waals surface area contributed by atoms with E-state index >= 15 is 26.4 Å². The fourth-order valence-electron chi connectivity index (χ4n) is 11.9. The van der Waals surface area contributed by atoms with Gasteiger partial charge in [-0.05, 0) is 150 Å². The van der Waals surface area contributed by atoms with E-state index in [2.05, 4.69) is 9.97 Å². The highest BCUT2D eigenvalue weighted by Gasteiger charge is 2.63. The summed E-state index contributed by atoms with van der Waals surface area (Å²) >= 11 is 0. The number of nitrogens with zero attached hydrogens (tertiary/aromatic N) is 8. The second-order valence-corrected chi connectivity index (χ2v) is 24.2. The van der Waals surface area contributed by atoms with Gasteiger partial charge in [0.25, 0.3) is 43.1 Å². The Bertz CT molecular complexity index is 3790. The van der Waals surface area contributed by atoms with E-state index < -0.39 is 55.2 Å². The molecule has 2 unspecified atom stereocenters. The number of piperidine rings is 2. The third kappa shape index (κ3) is 10.6. The third-order valence-electron chi connectivity index (χ3n) is 16.0. The van der Waals surface area contributed by atoms with Crippen LogP contribution in [0.5, 0.6) is 34.8 Å². The van der Waals surface area contributed by atoms with Crippen LogP contribution in [0, 0.1) is 34.5 Å². The van der Waals surface area contributed by atoms with Gasteiger partial charge in [0.15, 0.2) is 0 Å². The summed E-state index contributed by atoms with van der Waals surface area (Å²) < 4.78 is 108. The van der Waals surface area contributed by atoms with E-state index in [9.17, 15) is 20.1 Å². The number of amides is 4. The first-order valence-corrected chi connectivity index (χ1v) is 31.3. The average Bonchev–Trinajstić information content (AvgIpc) is 1.56. The lowest BCUT2D eigenvalue weighted by Crippen LogP contribution is -2.51. The van der Waals surface area contributed by atoms with Crippen LogP contribution in [0.15, 0.2) is 119 Å². The Hall–Kier alpha value is -9.66. The first-order chi connectivity index (χ1) is 42.4. The van der Waals surface area contributed by atoms with Gasteiger partial charge in [0.1, 0.15) is 32.8 Å². The number of methoxy groups -OCH3 is 2. The summed E-state index contributed by atoms with van der Waals surface area (Å²) in [7, 11) is -7.00. The predicted molar refractivity (Wildman–Crippen MR) is 314 cm³/mol. The Kier molecular flexibility index (Phi) is 17.4. The number of carbonyl (C=O) groups is 4. The van der Waals surface area contributed by atoms with Gasteiger partial charge < -0.3 is 47.7 Å². The lowest BCUT2D eigenvalue weighted by Gasteiger charge is -2.41. The van der Waals surface area contributed by atoms with E-state index in [1.54, 1.807) is 27.7 Å². The number of hydrogen-bond acceptors (Lipinski definition) is 20. The zero-order chi connectivity index (χ0) is 62.7. The van der Waals surface area contributed by atoms with Gasteiger partial charge in [0.05, 0.1) is 86.4 Å². The smallest absolute Gasteiger partial charge is 0.411 e. The standard InChI is InChI=1S/C62H62N8O16S2/c1-7-81-51-35-43(79-5)17-21-53(51)87(75,76)69-49-19-15-39(37-63)33-47(49)61(57(69)71,45-13-11-27-65-55(45)83-9-3)85-59(73)67-29-23-41(24-30-67)42-25-31-68(32-26-42)60(74)86-62(46-14-12-28-66-56(46)84-10-4)48-34-40(38-64)16-20-50(48)70(58(62)72)88(77,78)54-22-18-44(80-6)36-52(54)82-8-2/h11-22,27-28,33-36,41-42H,7-10,23-26,29-32H2,1-6H3. The number of hydrogen-bond donors (Lipinski definition) is 0. The second kappa shape index (κ2) is 25.0. The molecule has 2 aromatic heterocycles. The molecule has 0 N–H and O–H groups in total. The Morgan fingerprint density at radius 1 is 0.534 bits per heavy atom. The maximum absolute atomic E-state index is 15.6. The number of benzene rings is 4. The first-order valence-electron chi connectivity index (χ1n) is 28.4. The molecular weight excluding hydrogens is 1180 g/mol. The van der Waals surface area contributed by atoms with Crippen molar-refractivity contribution in [3.63, 3.8) is 0 Å². The van der Waals surface area contributed by atoms with Gasteiger partial charge in [-0.1, -0.05) is 0 Å². The average molecular weight is 1240 g/mol. The van der Waals surface area contributed by atoms with Crippen molar-refractivity contribution in [1.82, 2.24) is 19.8 Å². The summed E-state index contributed by atoms with van der Waals surface area (Å²) in [5.41, 5.74) is -5.90. The van der Waals surface area contributed by atoms with Crippen molar-refractivity contribution in [2.45, 2.75) is 74.4 Å². The van der Waals surface area contributed by atoms with Crippen LogP contribution in [-0.2, 0) is 50.3 Å². The highest BCUT2D eigenvalue weighted by molar-refractivity contribution is 7.94. The Morgan fingerprint density at radius 3 is 1.25 bits per heavy atom. The second-order valence-electron chi connectivity index (χ2n) is 20.7. The minimum Gasteiger partial charge on any atom is -0.497 e. The molecule has 6 heterocycles. The Labute approximate surface area is 508 Å². The van der Waals surface area contributed by atoms with Gasteiger partial charge in [0, 0.05) is 61.8 Å².